The molecule has 0 aliphatic rings. The Kier molecular flexibility index (Phi) is 4.78. The summed E-state index contributed by atoms with van der Waals surface area (Å²) < 4.78 is 17.0. The molecule has 0 radical (unpaired) electrons. The van der Waals surface area contributed by atoms with Crippen LogP contribution in [0.2, 0.25) is 0 Å². The predicted octanol–water partition coefficient (Wildman–Crippen LogP) is 1.72. The summed E-state index contributed by atoms with van der Waals surface area (Å²) in [5, 5.41) is 0. The van der Waals surface area contributed by atoms with Crippen LogP contribution in [-0.2, 0) is 15.5 Å². The van der Waals surface area contributed by atoms with Gasteiger partial charge in [0.05, 0.1) is 28.1 Å². The minimum atomic E-state index is -1.05. The molecule has 0 aromatic heterocycles. The molecule has 0 amide bonds. The molecular weight excluding hydrogens is 210 g/mol. The SMILES string of the molecule is CCOCCS(=O)c1ccc(C)cc1N. The Morgan fingerprint density at radius 2 is 2.20 bits per heavy atom. The van der Waals surface area contributed by atoms with Crippen molar-refractivity contribution >= 4 is 16.5 Å². The second-order valence-corrected chi connectivity index (χ2v) is 4.83. The zero-order valence-electron chi connectivity index (χ0n) is 9.16. The maximum atomic E-state index is 11.8. The van der Waals surface area contributed by atoms with Crippen LogP contribution in [0.5, 0.6) is 0 Å². The monoisotopic (exact) mass is 227 g/mol. The first-order valence-corrected chi connectivity index (χ1v) is 6.29. The van der Waals surface area contributed by atoms with Gasteiger partial charge in [-0.25, -0.2) is 0 Å². The van der Waals surface area contributed by atoms with Crippen LogP contribution in [0.15, 0.2) is 23.1 Å². The van der Waals surface area contributed by atoms with E-state index in [1.54, 1.807) is 0 Å². The number of anilines is 1. The molecule has 1 aromatic rings. The smallest absolute Gasteiger partial charge is 0.0618 e. The van der Waals surface area contributed by atoms with Gasteiger partial charge in [-0.2, -0.15) is 0 Å². The molecule has 84 valence electrons. The van der Waals surface area contributed by atoms with E-state index in [9.17, 15) is 4.21 Å². The van der Waals surface area contributed by atoms with E-state index in [0.717, 1.165) is 5.56 Å². The molecule has 4 heteroatoms. The minimum Gasteiger partial charge on any atom is -0.398 e. The van der Waals surface area contributed by atoms with Crippen molar-refractivity contribution in [1.82, 2.24) is 0 Å². The molecule has 1 rings (SSSR count). The maximum Gasteiger partial charge on any atom is 0.0618 e. The molecule has 0 spiro atoms. The molecular formula is C11H17NO2S. The van der Waals surface area contributed by atoms with Crippen molar-refractivity contribution in [1.29, 1.82) is 0 Å². The number of aryl methyl sites for hydroxylation is 1. The molecule has 0 heterocycles. The van der Waals surface area contributed by atoms with Gasteiger partial charge in [-0.15, -0.1) is 0 Å². The number of ether oxygens (including phenoxy) is 1. The Bertz CT molecular complexity index is 352. The average molecular weight is 227 g/mol. The highest BCUT2D eigenvalue weighted by atomic mass is 32.2. The molecule has 1 aromatic carbocycles. The van der Waals surface area contributed by atoms with Gasteiger partial charge in [-0.1, -0.05) is 6.07 Å². The third kappa shape index (κ3) is 3.64. The first-order chi connectivity index (χ1) is 7.15. The molecule has 0 bridgehead atoms. The van der Waals surface area contributed by atoms with Gasteiger partial charge in [0.1, 0.15) is 0 Å². The molecule has 0 aliphatic heterocycles. The van der Waals surface area contributed by atoms with Crippen LogP contribution in [0.25, 0.3) is 0 Å². The van der Waals surface area contributed by atoms with Crippen molar-refractivity contribution < 1.29 is 8.95 Å². The molecule has 1 unspecified atom stereocenters. The van der Waals surface area contributed by atoms with Crippen molar-refractivity contribution in [2.24, 2.45) is 0 Å². The lowest BCUT2D eigenvalue weighted by Gasteiger charge is -2.06. The average Bonchev–Trinajstić information content (AvgIpc) is 2.17. The Morgan fingerprint density at radius 1 is 1.47 bits per heavy atom. The van der Waals surface area contributed by atoms with Gasteiger partial charge in [0.2, 0.25) is 0 Å². The molecule has 0 aliphatic carbocycles. The van der Waals surface area contributed by atoms with E-state index < -0.39 is 10.8 Å². The van der Waals surface area contributed by atoms with E-state index in [-0.39, 0.29) is 0 Å². The Morgan fingerprint density at radius 3 is 2.80 bits per heavy atom. The Labute approximate surface area is 93.1 Å². The van der Waals surface area contributed by atoms with Crippen LogP contribution in [0.3, 0.4) is 0 Å². The van der Waals surface area contributed by atoms with Gasteiger partial charge in [-0.3, -0.25) is 4.21 Å². The molecule has 1 atom stereocenters. The van der Waals surface area contributed by atoms with Crippen molar-refractivity contribution in [3.63, 3.8) is 0 Å². The highest BCUT2D eigenvalue weighted by molar-refractivity contribution is 7.85. The maximum absolute atomic E-state index is 11.8. The zero-order valence-corrected chi connectivity index (χ0v) is 9.97. The summed E-state index contributed by atoms with van der Waals surface area (Å²) in [6, 6.07) is 5.59. The fourth-order valence-corrected chi connectivity index (χ4v) is 2.29. The predicted molar refractivity (Wildman–Crippen MR) is 63.4 cm³/mol. The summed E-state index contributed by atoms with van der Waals surface area (Å²) >= 11 is 0. The van der Waals surface area contributed by atoms with Crippen molar-refractivity contribution in [2.45, 2.75) is 18.7 Å². The summed E-state index contributed by atoms with van der Waals surface area (Å²) in [5.41, 5.74) is 7.48. The number of rotatable bonds is 5. The second kappa shape index (κ2) is 5.88. The van der Waals surface area contributed by atoms with Crippen molar-refractivity contribution in [2.75, 3.05) is 24.7 Å². The van der Waals surface area contributed by atoms with Gasteiger partial charge in [0.25, 0.3) is 0 Å². The summed E-state index contributed by atoms with van der Waals surface area (Å²) in [6.07, 6.45) is 0. The quantitative estimate of drug-likeness (QED) is 0.615. The van der Waals surface area contributed by atoms with Crippen LogP contribution >= 0.6 is 0 Å². The topological polar surface area (TPSA) is 52.3 Å². The summed E-state index contributed by atoms with van der Waals surface area (Å²) in [6.45, 7) is 5.05. The van der Waals surface area contributed by atoms with E-state index in [4.69, 9.17) is 10.5 Å². The molecule has 0 saturated carbocycles. The Balaban J connectivity index is 2.65. The van der Waals surface area contributed by atoms with Gasteiger partial charge >= 0.3 is 0 Å². The lowest BCUT2D eigenvalue weighted by atomic mass is 10.2. The van der Waals surface area contributed by atoms with Crippen LogP contribution in [0.4, 0.5) is 5.69 Å². The number of nitrogen functional groups attached to an aromatic ring is 1. The molecule has 3 nitrogen and oxygen atoms in total. The van der Waals surface area contributed by atoms with E-state index in [1.165, 1.54) is 0 Å². The summed E-state index contributed by atoms with van der Waals surface area (Å²) in [5.74, 6) is 0.501. The van der Waals surface area contributed by atoms with Gasteiger partial charge in [0.15, 0.2) is 0 Å². The highest BCUT2D eigenvalue weighted by Gasteiger charge is 2.07. The minimum absolute atomic E-state index is 0.501. The van der Waals surface area contributed by atoms with E-state index in [0.29, 0.717) is 29.5 Å². The Hall–Kier alpha value is -0.870. The fourth-order valence-electron chi connectivity index (χ4n) is 1.26. The largest absolute Gasteiger partial charge is 0.398 e. The first kappa shape index (κ1) is 12.2. The van der Waals surface area contributed by atoms with Crippen molar-refractivity contribution in [3.05, 3.63) is 23.8 Å². The van der Waals surface area contributed by atoms with E-state index in [1.807, 2.05) is 32.0 Å². The highest BCUT2D eigenvalue weighted by Crippen LogP contribution is 2.17. The van der Waals surface area contributed by atoms with Gasteiger partial charge < -0.3 is 10.5 Å². The lowest BCUT2D eigenvalue weighted by molar-refractivity contribution is 0.164. The van der Waals surface area contributed by atoms with Crippen LogP contribution < -0.4 is 5.73 Å². The van der Waals surface area contributed by atoms with Crippen LogP contribution in [-0.4, -0.2) is 23.2 Å². The standard InChI is InChI=1S/C11H17NO2S/c1-3-14-6-7-15(13)11-5-4-9(2)8-10(11)12/h4-5,8H,3,6-7,12H2,1-2H3. The van der Waals surface area contributed by atoms with Crippen LogP contribution in [0.1, 0.15) is 12.5 Å². The number of hydrogen-bond donors (Lipinski definition) is 1. The van der Waals surface area contributed by atoms with E-state index in [2.05, 4.69) is 0 Å². The van der Waals surface area contributed by atoms with Crippen molar-refractivity contribution in [3.8, 4) is 0 Å². The summed E-state index contributed by atoms with van der Waals surface area (Å²) in [7, 11) is -1.05. The molecule has 2 N–H and O–H groups in total. The summed E-state index contributed by atoms with van der Waals surface area (Å²) in [4.78, 5) is 0.709. The number of nitrogens with two attached hydrogens (primary N) is 1. The van der Waals surface area contributed by atoms with Crippen LogP contribution in [0, 0.1) is 6.92 Å². The third-order valence-corrected chi connectivity index (χ3v) is 3.43. The number of benzene rings is 1. The fraction of sp³-hybridized carbons (Fsp3) is 0.455. The molecule has 15 heavy (non-hydrogen) atoms. The second-order valence-electron chi connectivity index (χ2n) is 3.29. The van der Waals surface area contributed by atoms with E-state index >= 15 is 0 Å². The molecule has 0 saturated heterocycles. The lowest BCUT2D eigenvalue weighted by Crippen LogP contribution is -2.08. The number of hydrogen-bond acceptors (Lipinski definition) is 3. The normalized spacial score (nSPS) is 12.7. The van der Waals surface area contributed by atoms with Gasteiger partial charge in [0, 0.05) is 12.3 Å². The molecule has 0 fully saturated rings. The van der Waals surface area contributed by atoms with Gasteiger partial charge in [-0.05, 0) is 31.5 Å². The zero-order chi connectivity index (χ0) is 11.3. The first-order valence-electron chi connectivity index (χ1n) is 4.97. The third-order valence-electron chi connectivity index (χ3n) is 2.03.